The van der Waals surface area contributed by atoms with Crippen LogP contribution in [0.3, 0.4) is 0 Å². The topological polar surface area (TPSA) is 128 Å². The molecule has 1 aromatic carbocycles. The second-order valence-corrected chi connectivity index (χ2v) is 6.09. The maximum Gasteiger partial charge on any atom is 0.573 e. The lowest BCUT2D eigenvalue weighted by Crippen LogP contribution is -2.31. The SMILES string of the molecule is C=C(F)C(=O)NCC(=N)c1c([C@H](O)CO)ccnc1Nc1ccc(OC(F)(F)F)cc1. The molecule has 2 aromatic rings. The number of anilines is 2. The number of aliphatic hydroxyl groups excluding tert-OH is 2. The van der Waals surface area contributed by atoms with E-state index >= 15 is 0 Å². The zero-order chi connectivity index (χ0) is 23.2. The Morgan fingerprint density at radius 3 is 2.45 bits per heavy atom. The molecule has 0 aliphatic heterocycles. The summed E-state index contributed by atoms with van der Waals surface area (Å²) in [6, 6.07) is 5.98. The van der Waals surface area contributed by atoms with Gasteiger partial charge in [-0.2, -0.15) is 0 Å². The van der Waals surface area contributed by atoms with Crippen LogP contribution in [0.15, 0.2) is 48.9 Å². The highest BCUT2D eigenvalue weighted by Crippen LogP contribution is 2.28. The highest BCUT2D eigenvalue weighted by Gasteiger charge is 2.31. The lowest BCUT2D eigenvalue weighted by Gasteiger charge is -2.19. The van der Waals surface area contributed by atoms with Crippen molar-refractivity contribution in [3.05, 3.63) is 60.1 Å². The fourth-order valence-corrected chi connectivity index (χ4v) is 2.49. The van der Waals surface area contributed by atoms with E-state index in [4.69, 9.17) is 5.41 Å². The molecule has 0 aliphatic carbocycles. The van der Waals surface area contributed by atoms with Crippen LogP contribution in [-0.2, 0) is 4.79 Å². The van der Waals surface area contributed by atoms with E-state index in [1.54, 1.807) is 0 Å². The molecule has 1 atom stereocenters. The van der Waals surface area contributed by atoms with Gasteiger partial charge in [-0.05, 0) is 35.9 Å². The molecule has 0 aliphatic rings. The minimum atomic E-state index is -4.84. The molecule has 0 spiro atoms. The standard InChI is InChI=1S/C19H18F4N4O4/c1-10(20)18(30)26-8-14(24)16-13(15(29)9-28)6-7-25-17(16)27-11-2-4-12(5-3-11)31-19(21,22)23/h2-7,15,24,28-29H,1,8-9H2,(H,25,27)(H,26,30)/t15-/m1/s1. The van der Waals surface area contributed by atoms with Crippen molar-refractivity contribution in [3.8, 4) is 5.75 Å². The number of aliphatic hydroxyl groups is 2. The van der Waals surface area contributed by atoms with Crippen molar-refractivity contribution in [1.29, 1.82) is 5.41 Å². The summed E-state index contributed by atoms with van der Waals surface area (Å²) in [5.74, 6) is -2.83. The van der Waals surface area contributed by atoms with E-state index < -0.39 is 43.1 Å². The van der Waals surface area contributed by atoms with Gasteiger partial charge < -0.3 is 31.0 Å². The number of nitrogens with one attached hydrogen (secondary N) is 3. The number of ether oxygens (including phenoxy) is 1. The van der Waals surface area contributed by atoms with Crippen molar-refractivity contribution in [2.45, 2.75) is 12.5 Å². The molecule has 166 valence electrons. The van der Waals surface area contributed by atoms with Crippen molar-refractivity contribution >= 4 is 23.1 Å². The van der Waals surface area contributed by atoms with Crippen molar-refractivity contribution in [2.24, 2.45) is 0 Å². The summed E-state index contributed by atoms with van der Waals surface area (Å²) in [6.45, 7) is 1.71. The summed E-state index contributed by atoms with van der Waals surface area (Å²) in [7, 11) is 0. The van der Waals surface area contributed by atoms with Gasteiger partial charge in [-0.3, -0.25) is 4.79 Å². The normalized spacial score (nSPS) is 12.1. The van der Waals surface area contributed by atoms with Crippen LogP contribution in [0.4, 0.5) is 29.1 Å². The van der Waals surface area contributed by atoms with Crippen LogP contribution in [0.25, 0.3) is 0 Å². The number of amides is 1. The second-order valence-electron chi connectivity index (χ2n) is 6.09. The first kappa shape index (κ1) is 23.8. The van der Waals surface area contributed by atoms with E-state index in [-0.39, 0.29) is 28.3 Å². The van der Waals surface area contributed by atoms with Crippen molar-refractivity contribution in [2.75, 3.05) is 18.5 Å². The smallest absolute Gasteiger partial charge is 0.406 e. The van der Waals surface area contributed by atoms with E-state index in [0.717, 1.165) is 12.1 Å². The molecule has 31 heavy (non-hydrogen) atoms. The first-order valence-corrected chi connectivity index (χ1v) is 8.63. The largest absolute Gasteiger partial charge is 0.573 e. The maximum absolute atomic E-state index is 12.9. The molecule has 0 unspecified atom stereocenters. The summed E-state index contributed by atoms with van der Waals surface area (Å²) in [5, 5.41) is 32.5. The third kappa shape index (κ3) is 6.76. The number of aromatic nitrogens is 1. The molecule has 0 bridgehead atoms. The lowest BCUT2D eigenvalue weighted by molar-refractivity contribution is -0.274. The van der Waals surface area contributed by atoms with Crippen LogP contribution in [-0.4, -0.2) is 46.3 Å². The molecule has 8 nitrogen and oxygen atoms in total. The van der Waals surface area contributed by atoms with E-state index in [9.17, 15) is 32.6 Å². The zero-order valence-corrected chi connectivity index (χ0v) is 15.8. The Balaban J connectivity index is 2.33. The summed E-state index contributed by atoms with van der Waals surface area (Å²) in [5.41, 5.74) is 0.0809. The summed E-state index contributed by atoms with van der Waals surface area (Å²) >= 11 is 0. The van der Waals surface area contributed by atoms with Gasteiger partial charge in [0.1, 0.15) is 17.7 Å². The van der Waals surface area contributed by atoms with Crippen LogP contribution >= 0.6 is 0 Å². The monoisotopic (exact) mass is 442 g/mol. The van der Waals surface area contributed by atoms with Gasteiger partial charge in [0.2, 0.25) is 0 Å². The molecule has 0 fully saturated rings. The Morgan fingerprint density at radius 2 is 1.90 bits per heavy atom. The van der Waals surface area contributed by atoms with Crippen molar-refractivity contribution in [1.82, 2.24) is 10.3 Å². The van der Waals surface area contributed by atoms with Gasteiger partial charge in [0.05, 0.1) is 18.9 Å². The summed E-state index contributed by atoms with van der Waals surface area (Å²) in [4.78, 5) is 15.4. The highest BCUT2D eigenvalue weighted by atomic mass is 19.4. The highest BCUT2D eigenvalue weighted by molar-refractivity contribution is 6.07. The van der Waals surface area contributed by atoms with Gasteiger partial charge in [0.25, 0.3) is 5.91 Å². The Bertz CT molecular complexity index is 964. The quantitative estimate of drug-likeness (QED) is 0.231. The number of pyridine rings is 1. The average Bonchev–Trinajstić information content (AvgIpc) is 2.71. The Hall–Kier alpha value is -3.51. The third-order valence-corrected chi connectivity index (χ3v) is 3.84. The number of rotatable bonds is 9. The number of halogens is 4. The number of carbonyl (C=O) groups is 1. The lowest BCUT2D eigenvalue weighted by atomic mass is 9.99. The predicted molar refractivity (Wildman–Crippen MR) is 103 cm³/mol. The number of carbonyl (C=O) groups excluding carboxylic acids is 1. The van der Waals surface area contributed by atoms with Crippen LogP contribution in [0, 0.1) is 5.41 Å². The average molecular weight is 442 g/mol. The van der Waals surface area contributed by atoms with Gasteiger partial charge in [-0.1, -0.05) is 6.58 Å². The number of nitrogens with zero attached hydrogens (tertiary/aromatic N) is 1. The van der Waals surface area contributed by atoms with Crippen LogP contribution in [0.5, 0.6) is 5.75 Å². The van der Waals surface area contributed by atoms with Gasteiger partial charge in [-0.15, -0.1) is 13.2 Å². The van der Waals surface area contributed by atoms with Crippen molar-refractivity contribution < 1.29 is 37.3 Å². The van der Waals surface area contributed by atoms with E-state index in [1.165, 1.54) is 24.4 Å². The number of benzene rings is 1. The second kappa shape index (κ2) is 10.00. The van der Waals surface area contributed by atoms with E-state index in [2.05, 4.69) is 26.9 Å². The third-order valence-electron chi connectivity index (χ3n) is 3.84. The number of hydrogen-bond donors (Lipinski definition) is 5. The van der Waals surface area contributed by atoms with Crippen LogP contribution in [0.1, 0.15) is 17.2 Å². The molecule has 0 radical (unpaired) electrons. The first-order chi connectivity index (χ1) is 14.5. The van der Waals surface area contributed by atoms with Gasteiger partial charge in [-0.25, -0.2) is 9.37 Å². The first-order valence-electron chi connectivity index (χ1n) is 8.63. The molecule has 0 saturated heterocycles. The fraction of sp³-hybridized carbons (Fsp3) is 0.211. The molecule has 1 aromatic heterocycles. The predicted octanol–water partition coefficient (Wildman–Crippen LogP) is 2.72. The molecular weight excluding hydrogens is 424 g/mol. The summed E-state index contributed by atoms with van der Waals surface area (Å²) in [6.07, 6.45) is -4.97. The van der Waals surface area contributed by atoms with E-state index in [1.807, 2.05) is 0 Å². The van der Waals surface area contributed by atoms with E-state index in [0.29, 0.717) is 0 Å². The van der Waals surface area contributed by atoms with Gasteiger partial charge in [0.15, 0.2) is 5.83 Å². The molecule has 0 saturated carbocycles. The Kier molecular flexibility index (Phi) is 7.67. The molecule has 2 rings (SSSR count). The molecule has 1 heterocycles. The molecule has 12 heteroatoms. The molecular formula is C19H18F4N4O4. The van der Waals surface area contributed by atoms with Crippen LogP contribution < -0.4 is 15.4 Å². The van der Waals surface area contributed by atoms with Gasteiger partial charge >= 0.3 is 6.36 Å². The fourth-order valence-electron chi connectivity index (χ4n) is 2.49. The Morgan fingerprint density at radius 1 is 1.26 bits per heavy atom. The molecule has 1 amide bonds. The summed E-state index contributed by atoms with van der Waals surface area (Å²) < 4.78 is 53.5. The van der Waals surface area contributed by atoms with Gasteiger partial charge in [0, 0.05) is 17.4 Å². The Labute approximate surface area is 173 Å². The molecule has 5 N–H and O–H groups in total. The van der Waals surface area contributed by atoms with Crippen molar-refractivity contribution in [3.63, 3.8) is 0 Å². The van der Waals surface area contributed by atoms with Crippen LogP contribution in [0.2, 0.25) is 0 Å². The number of alkyl halides is 3. The number of hydrogen-bond acceptors (Lipinski definition) is 7. The zero-order valence-electron chi connectivity index (χ0n) is 15.8. The maximum atomic E-state index is 12.9. The minimum absolute atomic E-state index is 0.00411. The minimum Gasteiger partial charge on any atom is -0.406 e.